The maximum atomic E-state index is 12.9. The molecule has 0 atom stereocenters. The summed E-state index contributed by atoms with van der Waals surface area (Å²) < 4.78 is 38.6. The van der Waals surface area contributed by atoms with E-state index in [1.807, 2.05) is 0 Å². The third kappa shape index (κ3) is 3.31. The number of alkyl halides is 3. The lowest BCUT2D eigenvalue weighted by molar-refractivity contribution is -0.138. The van der Waals surface area contributed by atoms with Gasteiger partial charge in [-0.2, -0.15) is 13.2 Å². The molecule has 0 saturated heterocycles. The second-order valence-electron chi connectivity index (χ2n) is 4.03. The number of halogens is 6. The molecule has 2 nitrogen and oxygen atoms in total. The Hall–Kier alpha value is -1.30. The van der Waals surface area contributed by atoms with Gasteiger partial charge in [0.25, 0.3) is 0 Å². The molecule has 2 aromatic rings. The Balaban J connectivity index is 2.63. The molecule has 8 heteroatoms. The summed E-state index contributed by atoms with van der Waals surface area (Å²) in [4.78, 5) is 14.2. The number of benzene rings is 1. The van der Waals surface area contributed by atoms with Gasteiger partial charge in [-0.1, -0.05) is 34.8 Å². The SMILES string of the molecule is O=Cc1ncc(-c2cc(Cl)c(Cl)c(Cl)c2)cc1C(F)(F)F. The molecule has 0 amide bonds. The average molecular weight is 355 g/mol. The minimum Gasteiger partial charge on any atom is -0.296 e. The largest absolute Gasteiger partial charge is 0.418 e. The van der Waals surface area contributed by atoms with Crippen LogP contribution < -0.4 is 0 Å². The molecule has 1 aromatic heterocycles. The van der Waals surface area contributed by atoms with Gasteiger partial charge in [-0.15, -0.1) is 0 Å². The van der Waals surface area contributed by atoms with Gasteiger partial charge in [-0.25, -0.2) is 0 Å². The van der Waals surface area contributed by atoms with E-state index in [1.165, 1.54) is 12.1 Å². The number of hydrogen-bond acceptors (Lipinski definition) is 2. The molecule has 1 aromatic carbocycles. The van der Waals surface area contributed by atoms with Gasteiger partial charge in [0.05, 0.1) is 20.6 Å². The van der Waals surface area contributed by atoms with E-state index in [-0.39, 0.29) is 26.9 Å². The van der Waals surface area contributed by atoms with Crippen molar-refractivity contribution in [2.45, 2.75) is 6.18 Å². The Morgan fingerprint density at radius 2 is 1.57 bits per heavy atom. The fourth-order valence-electron chi connectivity index (χ4n) is 1.68. The van der Waals surface area contributed by atoms with Crippen molar-refractivity contribution in [3.8, 4) is 11.1 Å². The van der Waals surface area contributed by atoms with Crippen molar-refractivity contribution in [3.05, 3.63) is 50.7 Å². The predicted octanol–water partition coefficient (Wildman–Crippen LogP) is 5.54. The number of aldehydes is 1. The van der Waals surface area contributed by atoms with Gasteiger partial charge in [-0.05, 0) is 23.8 Å². The van der Waals surface area contributed by atoms with E-state index >= 15 is 0 Å². The number of carbonyl (C=O) groups excluding carboxylic acids is 1. The predicted molar refractivity (Wildman–Crippen MR) is 75.1 cm³/mol. The van der Waals surface area contributed by atoms with Crippen LogP contribution >= 0.6 is 34.8 Å². The Morgan fingerprint density at radius 3 is 2.05 bits per heavy atom. The van der Waals surface area contributed by atoms with Gasteiger partial charge >= 0.3 is 6.18 Å². The number of pyridine rings is 1. The quantitative estimate of drug-likeness (QED) is 0.523. The Bertz CT molecular complexity index is 693. The van der Waals surface area contributed by atoms with Crippen molar-refractivity contribution >= 4 is 41.1 Å². The van der Waals surface area contributed by atoms with Crippen molar-refractivity contribution in [2.75, 3.05) is 0 Å². The standard InChI is InChI=1S/C13H5Cl3F3NO/c14-9-2-6(3-10(15)12(9)16)7-1-8(13(17,18)19)11(5-21)20-4-7/h1-5H. The molecule has 110 valence electrons. The number of carbonyl (C=O) groups is 1. The Labute approximate surface area is 132 Å². The molecule has 0 aliphatic rings. The van der Waals surface area contributed by atoms with Gasteiger partial charge < -0.3 is 0 Å². The van der Waals surface area contributed by atoms with Gasteiger partial charge in [0, 0.05) is 11.8 Å². The van der Waals surface area contributed by atoms with Crippen LogP contribution in [-0.2, 0) is 6.18 Å². The van der Waals surface area contributed by atoms with Crippen molar-refractivity contribution in [1.29, 1.82) is 0 Å². The molecule has 0 fully saturated rings. The minimum absolute atomic E-state index is 0.0500. The summed E-state index contributed by atoms with van der Waals surface area (Å²) in [7, 11) is 0. The molecule has 0 radical (unpaired) electrons. The lowest BCUT2D eigenvalue weighted by Crippen LogP contribution is -2.10. The number of hydrogen-bond donors (Lipinski definition) is 0. The summed E-state index contributed by atoms with van der Waals surface area (Å²) in [6.07, 6.45) is -3.51. The molecule has 21 heavy (non-hydrogen) atoms. The number of rotatable bonds is 2. The topological polar surface area (TPSA) is 30.0 Å². The summed E-state index contributed by atoms with van der Waals surface area (Å²) in [6, 6.07) is 3.55. The summed E-state index contributed by atoms with van der Waals surface area (Å²) in [5, 5.41) is 0.315. The minimum atomic E-state index is -4.70. The second kappa shape index (κ2) is 5.83. The van der Waals surface area contributed by atoms with Crippen LogP contribution in [0.3, 0.4) is 0 Å². The zero-order valence-corrected chi connectivity index (χ0v) is 12.3. The molecular weight excluding hydrogens is 350 g/mol. The fourth-order valence-corrected chi connectivity index (χ4v) is 2.27. The van der Waals surface area contributed by atoms with Gasteiger partial charge in [0.2, 0.25) is 0 Å². The van der Waals surface area contributed by atoms with Crippen LogP contribution in [0.25, 0.3) is 11.1 Å². The van der Waals surface area contributed by atoms with Crippen molar-refractivity contribution in [2.24, 2.45) is 0 Å². The Morgan fingerprint density at radius 1 is 1.00 bits per heavy atom. The molecule has 0 bridgehead atoms. The number of aromatic nitrogens is 1. The van der Waals surface area contributed by atoms with E-state index in [1.54, 1.807) is 0 Å². The highest BCUT2D eigenvalue weighted by Crippen LogP contribution is 2.37. The van der Waals surface area contributed by atoms with Crippen LogP contribution in [-0.4, -0.2) is 11.3 Å². The lowest BCUT2D eigenvalue weighted by Gasteiger charge is -2.11. The maximum Gasteiger partial charge on any atom is 0.418 e. The first kappa shape index (κ1) is 16.1. The first-order valence-electron chi connectivity index (χ1n) is 5.41. The first-order valence-corrected chi connectivity index (χ1v) is 6.54. The van der Waals surface area contributed by atoms with Crippen LogP contribution in [0.5, 0.6) is 0 Å². The average Bonchev–Trinajstić information content (AvgIpc) is 2.42. The van der Waals surface area contributed by atoms with E-state index in [0.29, 0.717) is 5.56 Å². The third-order valence-electron chi connectivity index (χ3n) is 2.65. The summed E-state index contributed by atoms with van der Waals surface area (Å²) >= 11 is 17.5. The highest BCUT2D eigenvalue weighted by molar-refractivity contribution is 6.48. The van der Waals surface area contributed by atoms with Gasteiger partial charge in [-0.3, -0.25) is 9.78 Å². The monoisotopic (exact) mass is 353 g/mol. The van der Waals surface area contributed by atoms with Crippen LogP contribution in [0.2, 0.25) is 15.1 Å². The molecule has 0 aliphatic heterocycles. The molecule has 1 heterocycles. The highest BCUT2D eigenvalue weighted by atomic mass is 35.5. The van der Waals surface area contributed by atoms with E-state index in [9.17, 15) is 18.0 Å². The zero-order valence-electron chi connectivity index (χ0n) is 10.0. The summed E-state index contributed by atoms with van der Waals surface area (Å²) in [5.74, 6) is 0. The van der Waals surface area contributed by atoms with Gasteiger partial charge in [0.1, 0.15) is 5.69 Å². The fraction of sp³-hybridized carbons (Fsp3) is 0.0769. The van der Waals surface area contributed by atoms with E-state index in [4.69, 9.17) is 34.8 Å². The zero-order chi connectivity index (χ0) is 15.8. The normalized spacial score (nSPS) is 11.5. The summed E-state index contributed by atoms with van der Waals surface area (Å²) in [6.45, 7) is 0. The lowest BCUT2D eigenvalue weighted by atomic mass is 10.0. The molecule has 0 N–H and O–H groups in total. The van der Waals surface area contributed by atoms with Crippen molar-refractivity contribution in [1.82, 2.24) is 4.98 Å². The van der Waals surface area contributed by atoms with Crippen LogP contribution in [0, 0.1) is 0 Å². The van der Waals surface area contributed by atoms with E-state index in [2.05, 4.69) is 4.98 Å². The molecule has 0 spiro atoms. The first-order chi connectivity index (χ1) is 9.74. The van der Waals surface area contributed by atoms with Gasteiger partial charge in [0.15, 0.2) is 6.29 Å². The van der Waals surface area contributed by atoms with Crippen molar-refractivity contribution in [3.63, 3.8) is 0 Å². The summed E-state index contributed by atoms with van der Waals surface area (Å²) in [5.41, 5.74) is -1.38. The highest BCUT2D eigenvalue weighted by Gasteiger charge is 2.34. The van der Waals surface area contributed by atoms with Crippen LogP contribution in [0.15, 0.2) is 24.4 Å². The maximum absolute atomic E-state index is 12.9. The van der Waals surface area contributed by atoms with E-state index in [0.717, 1.165) is 12.3 Å². The molecule has 0 unspecified atom stereocenters. The third-order valence-corrected chi connectivity index (χ3v) is 3.85. The smallest absolute Gasteiger partial charge is 0.296 e. The second-order valence-corrected chi connectivity index (χ2v) is 5.22. The Kier molecular flexibility index (Phi) is 4.46. The van der Waals surface area contributed by atoms with Crippen LogP contribution in [0.1, 0.15) is 16.1 Å². The van der Waals surface area contributed by atoms with E-state index < -0.39 is 17.4 Å². The van der Waals surface area contributed by atoms with Crippen molar-refractivity contribution < 1.29 is 18.0 Å². The molecule has 0 saturated carbocycles. The number of nitrogens with zero attached hydrogens (tertiary/aromatic N) is 1. The molecular formula is C13H5Cl3F3NO. The molecule has 2 rings (SSSR count). The van der Waals surface area contributed by atoms with Crippen LogP contribution in [0.4, 0.5) is 13.2 Å². The molecule has 0 aliphatic carbocycles.